The number of nitrogens with zero attached hydrogens (tertiary/aromatic N) is 2. The molecule has 0 aliphatic carbocycles. The van der Waals surface area contributed by atoms with Crippen LogP contribution in [-0.4, -0.2) is 19.9 Å². The van der Waals surface area contributed by atoms with Crippen LogP contribution < -0.4 is 18.9 Å². The first kappa shape index (κ1) is 64.3. The van der Waals surface area contributed by atoms with Gasteiger partial charge in [-0.3, -0.25) is 0 Å². The summed E-state index contributed by atoms with van der Waals surface area (Å²) < 4.78 is 26.6. The van der Waals surface area contributed by atoms with Crippen LogP contribution in [0, 0.1) is 0 Å². The van der Waals surface area contributed by atoms with E-state index >= 15 is 0 Å². The molecule has 13 rings (SSSR count). The number of hydrogen-bond acceptors (Lipinski definition) is 6. The fourth-order valence-electron chi connectivity index (χ4n) is 12.5. The van der Waals surface area contributed by atoms with Gasteiger partial charge in [0.1, 0.15) is 49.4 Å². The van der Waals surface area contributed by atoms with Gasteiger partial charge in [0.25, 0.3) is 0 Å². The van der Waals surface area contributed by atoms with Crippen LogP contribution in [0.25, 0.3) is 90.9 Å². The van der Waals surface area contributed by atoms with E-state index in [-0.39, 0.29) is 21.7 Å². The van der Waals surface area contributed by atoms with Crippen LogP contribution in [0.1, 0.15) is 150 Å². The van der Waals surface area contributed by atoms with Crippen molar-refractivity contribution in [1.82, 2.24) is 19.9 Å². The third-order valence-electron chi connectivity index (χ3n) is 18.1. The normalized spacial score (nSPS) is 12.5. The predicted molar refractivity (Wildman–Crippen MR) is 398 cm³/mol. The molecule has 0 radical (unpaired) electrons. The van der Waals surface area contributed by atoms with E-state index in [0.29, 0.717) is 26.4 Å². The van der Waals surface area contributed by atoms with E-state index in [1.165, 1.54) is 22.3 Å². The Hall–Kier alpha value is -10.4. The highest BCUT2D eigenvalue weighted by molar-refractivity contribution is 6.00. The number of aromatic amines is 2. The number of fused-ring (bicyclic) bond motifs is 8. The quantitative estimate of drug-likeness (QED) is 0.100. The minimum Gasteiger partial charge on any atom is -0.489 e. The van der Waals surface area contributed by atoms with Crippen LogP contribution in [0.15, 0.2) is 218 Å². The Labute approximate surface area is 566 Å². The van der Waals surface area contributed by atoms with Crippen molar-refractivity contribution in [2.75, 3.05) is 0 Å². The van der Waals surface area contributed by atoms with E-state index in [2.05, 4.69) is 311 Å². The summed E-state index contributed by atoms with van der Waals surface area (Å²) in [5, 5.41) is 0. The molecule has 2 N–H and O–H groups in total. The fourth-order valence-corrected chi connectivity index (χ4v) is 12.5. The lowest BCUT2D eigenvalue weighted by molar-refractivity contribution is 0.306. The minimum absolute atomic E-state index is 0.0503. The van der Waals surface area contributed by atoms with Gasteiger partial charge in [0.05, 0.1) is 22.8 Å². The Morgan fingerprint density at radius 2 is 0.469 bits per heavy atom. The summed E-state index contributed by atoms with van der Waals surface area (Å²) in [6.45, 7) is 28.5. The Morgan fingerprint density at radius 3 is 0.667 bits per heavy atom. The van der Waals surface area contributed by atoms with Crippen LogP contribution in [-0.2, 0) is 48.1 Å². The fraction of sp³-hybridized carbons (Fsp3) is 0.227. The van der Waals surface area contributed by atoms with Gasteiger partial charge < -0.3 is 28.9 Å². The second kappa shape index (κ2) is 26.4. The standard InChI is InChI=1S/C88H86N4O4/c1-85(2,3)65-33-25-57(26-34-65)53-93-69-21-13-17-61(49-69)81-73-41-43-75(89-73)82(62-18-14-22-70(50-62)94-54-58-27-35-66(36-28-58)86(4,5)6)77-45-47-79(91-77)84(64-20-16-24-72(52-64)96-56-60-31-39-68(40-32-60)88(10,11)12)80-48-46-78(92-80)83(76-44-42-74(81)90-76)63-19-15-23-71(51-63)95-55-59-29-37-67(38-30-59)87(7,8)9/h13-52,89,92H,53-56H2,1-12H3. The molecular formula is C88H86N4O4. The highest BCUT2D eigenvalue weighted by Crippen LogP contribution is 2.41. The number of aromatic nitrogens is 4. The molecule has 8 nitrogen and oxygen atoms in total. The highest BCUT2D eigenvalue weighted by atomic mass is 16.5. The summed E-state index contributed by atoms with van der Waals surface area (Å²) in [5.41, 5.74) is 23.7. The van der Waals surface area contributed by atoms with E-state index < -0.39 is 0 Å². The first-order chi connectivity index (χ1) is 46.0. The summed E-state index contributed by atoms with van der Waals surface area (Å²) >= 11 is 0. The summed E-state index contributed by atoms with van der Waals surface area (Å²) in [6.07, 6.45) is 8.53. The van der Waals surface area contributed by atoms with Crippen molar-refractivity contribution in [1.29, 1.82) is 0 Å². The van der Waals surface area contributed by atoms with Crippen molar-refractivity contribution in [3.8, 4) is 67.5 Å². The lowest BCUT2D eigenvalue weighted by Gasteiger charge is -2.19. The zero-order chi connectivity index (χ0) is 66.9. The largest absolute Gasteiger partial charge is 0.489 e. The molecule has 0 amide bonds. The van der Waals surface area contributed by atoms with Crippen molar-refractivity contribution in [3.63, 3.8) is 0 Å². The van der Waals surface area contributed by atoms with Crippen molar-refractivity contribution in [2.45, 2.75) is 131 Å². The van der Waals surface area contributed by atoms with Crippen LogP contribution >= 0.6 is 0 Å². The third kappa shape index (κ3) is 14.6. The Kier molecular flexibility index (Phi) is 17.7. The molecule has 0 fully saturated rings. The van der Waals surface area contributed by atoms with Crippen LogP contribution in [0.3, 0.4) is 0 Å². The van der Waals surface area contributed by atoms with Gasteiger partial charge in [-0.2, -0.15) is 0 Å². The Morgan fingerprint density at radius 1 is 0.260 bits per heavy atom. The monoisotopic (exact) mass is 1260 g/mol. The van der Waals surface area contributed by atoms with Gasteiger partial charge in [-0.05, 0) is 186 Å². The molecule has 3 aromatic heterocycles. The average Bonchev–Trinajstić information content (AvgIpc) is 1.60. The Bertz CT molecular complexity index is 4270. The lowest BCUT2D eigenvalue weighted by Crippen LogP contribution is -2.10. The summed E-state index contributed by atoms with van der Waals surface area (Å²) in [5.74, 6) is 2.99. The van der Waals surface area contributed by atoms with Crippen LogP contribution in [0.4, 0.5) is 0 Å². The van der Waals surface area contributed by atoms with Gasteiger partial charge in [-0.1, -0.05) is 229 Å². The van der Waals surface area contributed by atoms with E-state index in [0.717, 1.165) is 135 Å². The topological polar surface area (TPSA) is 94.3 Å². The lowest BCUT2D eigenvalue weighted by atomic mass is 9.87. The van der Waals surface area contributed by atoms with Crippen molar-refractivity contribution in [3.05, 3.63) is 286 Å². The SMILES string of the molecule is CC(C)(C)c1ccc(COc2cccc(-c3c4nc(c(-c5cccc(OCc6ccc(C(C)(C)C)cc6)c5)c5ccc([nH]5)c(-c5cccc(OCc6ccc(C(C)(C)C)cc6)c5)c5nc(c(-c6cccc(OCc7ccc(C(C)(C)C)cc7)c6)c6ccc3[nH]6)C=C5)C=C4)c2)cc1. The molecule has 8 bridgehead atoms. The highest BCUT2D eigenvalue weighted by Gasteiger charge is 2.23. The molecule has 96 heavy (non-hydrogen) atoms. The number of H-pyrrole nitrogens is 2. The molecule has 11 aromatic rings. The summed E-state index contributed by atoms with van der Waals surface area (Å²) in [6, 6.07) is 77.0. The first-order valence-corrected chi connectivity index (χ1v) is 33.5. The van der Waals surface area contributed by atoms with Gasteiger partial charge in [0.15, 0.2) is 0 Å². The van der Waals surface area contributed by atoms with Gasteiger partial charge >= 0.3 is 0 Å². The molecule has 0 spiro atoms. The molecule has 0 atom stereocenters. The number of rotatable bonds is 16. The van der Waals surface area contributed by atoms with Crippen molar-refractivity contribution >= 4 is 46.4 Å². The van der Waals surface area contributed by atoms with Crippen LogP contribution in [0.2, 0.25) is 0 Å². The number of ether oxygens (including phenoxy) is 4. The number of nitrogens with one attached hydrogen (secondary N) is 2. The van der Waals surface area contributed by atoms with Crippen molar-refractivity contribution in [2.24, 2.45) is 0 Å². The zero-order valence-electron chi connectivity index (χ0n) is 57.4. The minimum atomic E-state index is 0.0503. The van der Waals surface area contributed by atoms with Crippen LogP contribution in [0.5, 0.6) is 23.0 Å². The molecule has 2 aliphatic rings. The third-order valence-corrected chi connectivity index (χ3v) is 18.1. The van der Waals surface area contributed by atoms with Gasteiger partial charge in [-0.15, -0.1) is 0 Å². The summed E-state index contributed by atoms with van der Waals surface area (Å²) in [4.78, 5) is 19.3. The van der Waals surface area contributed by atoms with E-state index in [1.807, 2.05) is 24.3 Å². The molecule has 0 unspecified atom stereocenters. The van der Waals surface area contributed by atoms with E-state index in [1.54, 1.807) is 0 Å². The smallest absolute Gasteiger partial charge is 0.120 e. The first-order valence-electron chi connectivity index (χ1n) is 33.5. The molecular weight excluding hydrogens is 1180 g/mol. The van der Waals surface area contributed by atoms with Crippen molar-refractivity contribution < 1.29 is 18.9 Å². The second-order valence-corrected chi connectivity index (χ2v) is 29.6. The second-order valence-electron chi connectivity index (χ2n) is 29.6. The zero-order valence-corrected chi connectivity index (χ0v) is 57.4. The molecule has 8 aromatic carbocycles. The average molecular weight is 1260 g/mol. The molecule has 5 heterocycles. The predicted octanol–water partition coefficient (Wildman–Crippen LogP) is 22.8. The molecule has 8 heteroatoms. The van der Waals surface area contributed by atoms with Gasteiger partial charge in [-0.25, -0.2) is 9.97 Å². The van der Waals surface area contributed by atoms with E-state index in [9.17, 15) is 0 Å². The number of hydrogen-bond donors (Lipinski definition) is 2. The summed E-state index contributed by atoms with van der Waals surface area (Å²) in [7, 11) is 0. The molecule has 0 saturated carbocycles. The number of benzene rings is 8. The maximum atomic E-state index is 6.65. The molecule has 482 valence electrons. The van der Waals surface area contributed by atoms with E-state index in [4.69, 9.17) is 28.9 Å². The Balaban J connectivity index is 0.992. The van der Waals surface area contributed by atoms with Gasteiger partial charge in [0.2, 0.25) is 0 Å². The maximum absolute atomic E-state index is 6.65. The van der Waals surface area contributed by atoms with Gasteiger partial charge in [0, 0.05) is 44.3 Å². The molecule has 0 saturated heterocycles. The molecule has 2 aliphatic heterocycles. The maximum Gasteiger partial charge on any atom is 0.120 e.